The van der Waals surface area contributed by atoms with Gasteiger partial charge in [-0.1, -0.05) is 17.7 Å². The number of thioether (sulfide) groups is 1. The van der Waals surface area contributed by atoms with Gasteiger partial charge in [0.25, 0.3) is 0 Å². The maximum Gasteiger partial charge on any atom is 0.337 e. The minimum Gasteiger partial charge on any atom is -0.479 e. The molecule has 1 rings (SSSR count). The summed E-state index contributed by atoms with van der Waals surface area (Å²) in [5, 5.41) is 20.6. The van der Waals surface area contributed by atoms with E-state index in [2.05, 4.69) is 5.32 Å². The summed E-state index contributed by atoms with van der Waals surface area (Å²) in [6.45, 7) is 2.86. The summed E-state index contributed by atoms with van der Waals surface area (Å²) in [5.74, 6) is -1.03. The average molecular weight is 297 g/mol. The number of nitrogens with one attached hydrogen (secondary N) is 1. The van der Waals surface area contributed by atoms with Crippen LogP contribution in [-0.4, -0.2) is 40.0 Å². The van der Waals surface area contributed by atoms with E-state index in [0.29, 0.717) is 5.75 Å². The molecule has 0 spiro atoms. The lowest BCUT2D eigenvalue weighted by Gasteiger charge is -2.18. The number of rotatable bonds is 7. The molecule has 1 amide bonds. The van der Waals surface area contributed by atoms with Crippen molar-refractivity contribution in [1.82, 2.24) is 5.32 Å². The maximum atomic E-state index is 11.5. The van der Waals surface area contributed by atoms with Gasteiger partial charge in [0.05, 0.1) is 6.54 Å². The van der Waals surface area contributed by atoms with Crippen LogP contribution in [0.5, 0.6) is 0 Å². The molecule has 0 fully saturated rings. The summed E-state index contributed by atoms with van der Waals surface area (Å²) in [5.41, 5.74) is -0.747. The minimum atomic E-state index is -1.93. The molecule has 20 heavy (non-hydrogen) atoms. The number of carbonyl (C=O) groups is 2. The number of aliphatic carboxylic acids is 1. The van der Waals surface area contributed by atoms with Gasteiger partial charge in [0.15, 0.2) is 5.60 Å². The van der Waals surface area contributed by atoms with E-state index in [9.17, 15) is 14.7 Å². The van der Waals surface area contributed by atoms with Crippen molar-refractivity contribution in [2.75, 3.05) is 12.3 Å². The monoisotopic (exact) mass is 297 g/mol. The largest absolute Gasteiger partial charge is 0.479 e. The van der Waals surface area contributed by atoms with Crippen LogP contribution < -0.4 is 5.32 Å². The topological polar surface area (TPSA) is 86.6 Å². The Kier molecular flexibility index (Phi) is 6.04. The summed E-state index contributed by atoms with van der Waals surface area (Å²) < 4.78 is 0. The number of carboxylic acids is 1. The minimum absolute atomic E-state index is 0.272. The first-order valence-electron chi connectivity index (χ1n) is 6.23. The Morgan fingerprint density at radius 1 is 1.30 bits per heavy atom. The first-order chi connectivity index (χ1) is 9.31. The fourth-order valence-electron chi connectivity index (χ4n) is 1.33. The van der Waals surface area contributed by atoms with E-state index in [1.54, 1.807) is 11.8 Å². The number of hydrogen-bond donors (Lipinski definition) is 3. The lowest BCUT2D eigenvalue weighted by atomic mass is 10.1. The second-order valence-corrected chi connectivity index (χ2v) is 5.94. The van der Waals surface area contributed by atoms with E-state index in [0.717, 1.165) is 11.8 Å². The van der Waals surface area contributed by atoms with Crippen LogP contribution in [0.1, 0.15) is 18.9 Å². The molecule has 0 aromatic heterocycles. The number of benzene rings is 1. The highest BCUT2D eigenvalue weighted by atomic mass is 32.2. The molecule has 0 aliphatic carbocycles. The number of amides is 1. The smallest absolute Gasteiger partial charge is 0.337 e. The van der Waals surface area contributed by atoms with E-state index in [4.69, 9.17) is 5.11 Å². The van der Waals surface area contributed by atoms with Gasteiger partial charge >= 0.3 is 5.97 Å². The normalized spacial score (nSPS) is 13.6. The molecule has 1 aromatic carbocycles. The van der Waals surface area contributed by atoms with Crippen LogP contribution in [-0.2, 0) is 9.59 Å². The molecule has 0 bridgehead atoms. The van der Waals surface area contributed by atoms with Crippen molar-refractivity contribution in [2.24, 2.45) is 0 Å². The lowest BCUT2D eigenvalue weighted by Crippen LogP contribution is -2.46. The molecule has 6 heteroatoms. The van der Waals surface area contributed by atoms with Gasteiger partial charge in [0.1, 0.15) is 0 Å². The van der Waals surface area contributed by atoms with Crippen molar-refractivity contribution in [3.05, 3.63) is 29.8 Å². The van der Waals surface area contributed by atoms with Gasteiger partial charge in [-0.25, -0.2) is 4.79 Å². The standard InChI is InChI=1S/C14H19NO4S/c1-10-3-5-11(6-4-10)20-8-7-12(16)15-9-14(2,19)13(17)18/h3-6,19H,7-9H2,1-2H3,(H,15,16)(H,17,18). The highest BCUT2D eigenvalue weighted by Gasteiger charge is 2.30. The zero-order valence-corrected chi connectivity index (χ0v) is 12.4. The van der Waals surface area contributed by atoms with Crippen molar-refractivity contribution < 1.29 is 19.8 Å². The fraction of sp³-hybridized carbons (Fsp3) is 0.429. The molecule has 110 valence electrons. The molecule has 0 heterocycles. The third kappa shape index (κ3) is 5.63. The summed E-state index contributed by atoms with van der Waals surface area (Å²) in [4.78, 5) is 23.3. The third-order valence-corrected chi connectivity index (χ3v) is 3.72. The number of aryl methyl sites for hydroxylation is 1. The van der Waals surface area contributed by atoms with E-state index in [-0.39, 0.29) is 18.9 Å². The molecular formula is C14H19NO4S. The quantitative estimate of drug-likeness (QED) is 0.663. The molecule has 0 aliphatic rings. The van der Waals surface area contributed by atoms with Crippen LogP contribution in [0.4, 0.5) is 0 Å². The van der Waals surface area contributed by atoms with Crippen LogP contribution in [0.2, 0.25) is 0 Å². The average Bonchev–Trinajstić information content (AvgIpc) is 2.39. The van der Waals surface area contributed by atoms with Crippen molar-refractivity contribution in [3.8, 4) is 0 Å². The third-order valence-electron chi connectivity index (χ3n) is 2.71. The number of carboxylic acid groups (broad SMARTS) is 1. The van der Waals surface area contributed by atoms with Gasteiger partial charge < -0.3 is 15.5 Å². The fourth-order valence-corrected chi connectivity index (χ4v) is 2.18. The van der Waals surface area contributed by atoms with Crippen LogP contribution in [0, 0.1) is 6.92 Å². The van der Waals surface area contributed by atoms with Gasteiger partial charge in [-0.05, 0) is 26.0 Å². The Morgan fingerprint density at radius 2 is 1.90 bits per heavy atom. The molecule has 0 saturated heterocycles. The molecule has 0 saturated carbocycles. The van der Waals surface area contributed by atoms with Crippen molar-refractivity contribution in [2.45, 2.75) is 30.8 Å². The Hall–Kier alpha value is -1.53. The Balaban J connectivity index is 2.27. The van der Waals surface area contributed by atoms with Crippen LogP contribution in [0.25, 0.3) is 0 Å². The first-order valence-corrected chi connectivity index (χ1v) is 7.22. The second-order valence-electron chi connectivity index (χ2n) is 4.77. The molecule has 0 aliphatic heterocycles. The molecule has 1 atom stereocenters. The summed E-state index contributed by atoms with van der Waals surface area (Å²) in [7, 11) is 0. The molecule has 5 nitrogen and oxygen atoms in total. The van der Waals surface area contributed by atoms with E-state index >= 15 is 0 Å². The van der Waals surface area contributed by atoms with E-state index in [1.807, 2.05) is 31.2 Å². The number of hydrogen-bond acceptors (Lipinski definition) is 4. The molecule has 3 N–H and O–H groups in total. The summed E-state index contributed by atoms with van der Waals surface area (Å²) in [6.07, 6.45) is 0.272. The highest BCUT2D eigenvalue weighted by molar-refractivity contribution is 7.99. The van der Waals surface area contributed by atoms with E-state index < -0.39 is 11.6 Å². The highest BCUT2D eigenvalue weighted by Crippen LogP contribution is 2.18. The number of carbonyl (C=O) groups excluding carboxylic acids is 1. The van der Waals surface area contributed by atoms with Gasteiger partial charge in [-0.2, -0.15) is 0 Å². The molecule has 1 aromatic rings. The Morgan fingerprint density at radius 3 is 2.45 bits per heavy atom. The lowest BCUT2D eigenvalue weighted by molar-refractivity contribution is -0.156. The van der Waals surface area contributed by atoms with Crippen LogP contribution >= 0.6 is 11.8 Å². The van der Waals surface area contributed by atoms with Crippen molar-refractivity contribution in [1.29, 1.82) is 0 Å². The number of aliphatic hydroxyl groups is 1. The predicted octanol–water partition coefficient (Wildman–Crippen LogP) is 1.43. The van der Waals surface area contributed by atoms with Gasteiger partial charge in [-0.3, -0.25) is 4.79 Å². The Bertz CT molecular complexity index is 471. The summed E-state index contributed by atoms with van der Waals surface area (Å²) >= 11 is 1.56. The summed E-state index contributed by atoms with van der Waals surface area (Å²) in [6, 6.07) is 8.00. The molecular weight excluding hydrogens is 278 g/mol. The zero-order valence-electron chi connectivity index (χ0n) is 11.5. The zero-order chi connectivity index (χ0) is 15.2. The molecule has 1 unspecified atom stereocenters. The van der Waals surface area contributed by atoms with E-state index in [1.165, 1.54) is 5.56 Å². The molecule has 0 radical (unpaired) electrons. The van der Waals surface area contributed by atoms with Gasteiger partial charge in [0, 0.05) is 17.1 Å². The first kappa shape index (κ1) is 16.5. The maximum absolute atomic E-state index is 11.5. The van der Waals surface area contributed by atoms with Crippen LogP contribution in [0.3, 0.4) is 0 Å². The van der Waals surface area contributed by atoms with Crippen molar-refractivity contribution in [3.63, 3.8) is 0 Å². The SMILES string of the molecule is Cc1ccc(SCCC(=O)NCC(C)(O)C(=O)O)cc1. The van der Waals surface area contributed by atoms with Gasteiger partial charge in [0.2, 0.25) is 5.91 Å². The predicted molar refractivity (Wildman–Crippen MR) is 77.8 cm³/mol. The second kappa shape index (κ2) is 7.31. The van der Waals surface area contributed by atoms with Gasteiger partial charge in [-0.15, -0.1) is 11.8 Å². The van der Waals surface area contributed by atoms with Crippen molar-refractivity contribution >= 4 is 23.6 Å². The Labute approximate surface area is 122 Å². The van der Waals surface area contributed by atoms with Crippen LogP contribution in [0.15, 0.2) is 29.2 Å².